The number of carbonyl (C=O) groups excluding carboxylic acids is 2. The Morgan fingerprint density at radius 3 is 2.43 bits per heavy atom. The number of hydrogen-bond acceptors (Lipinski definition) is 6. The van der Waals surface area contributed by atoms with Crippen LogP contribution in [0.2, 0.25) is 0 Å². The number of benzene rings is 2. The van der Waals surface area contributed by atoms with Gasteiger partial charge in [0.1, 0.15) is 11.9 Å². The van der Waals surface area contributed by atoms with Gasteiger partial charge >= 0.3 is 6.09 Å². The molecule has 0 unspecified atom stereocenters. The van der Waals surface area contributed by atoms with Crippen LogP contribution in [-0.2, 0) is 14.3 Å². The van der Waals surface area contributed by atoms with Crippen molar-refractivity contribution in [3.63, 3.8) is 0 Å². The molecule has 3 fully saturated rings. The number of hydrogen-bond donors (Lipinski definition) is 1. The standard InChI is InChI=1S/C38H50N4O5/c1-26-21-31(13-18-36(26)46-3)28-9-7-27(8-10-28)24-41(34-6-4-5-30(22-34)32-23-40-42(25-32)33-14-15-33)37(43)29-11-16-35(17-12-29)47-38(44)39-19-20-45-2/h4-6,13,18,21-23,25,27-29,33,35H,7-12,14-17,19-20,24H2,1-3H3,(H,39,44)/t27-,28-,29-,35-. The smallest absolute Gasteiger partial charge is 0.407 e. The third-order valence-corrected chi connectivity index (χ3v) is 10.3. The minimum Gasteiger partial charge on any atom is -0.496 e. The van der Waals surface area contributed by atoms with Crippen LogP contribution >= 0.6 is 0 Å². The predicted molar refractivity (Wildman–Crippen MR) is 183 cm³/mol. The largest absolute Gasteiger partial charge is 0.496 e. The third kappa shape index (κ3) is 8.36. The van der Waals surface area contributed by atoms with E-state index in [2.05, 4.69) is 75.6 Å². The highest BCUT2D eigenvalue weighted by atomic mass is 16.6. The van der Waals surface area contributed by atoms with Crippen molar-refractivity contribution in [2.45, 2.75) is 89.2 Å². The molecule has 3 aliphatic rings. The van der Waals surface area contributed by atoms with Crippen molar-refractivity contribution in [3.8, 4) is 16.9 Å². The topological polar surface area (TPSA) is 94.9 Å². The zero-order chi connectivity index (χ0) is 32.8. The minimum absolute atomic E-state index is 0.0914. The van der Waals surface area contributed by atoms with Crippen LogP contribution in [0.3, 0.4) is 0 Å². The van der Waals surface area contributed by atoms with Crippen LogP contribution in [0.15, 0.2) is 54.9 Å². The Morgan fingerprint density at radius 2 is 1.72 bits per heavy atom. The van der Waals surface area contributed by atoms with Crippen molar-refractivity contribution in [1.29, 1.82) is 0 Å². The maximum atomic E-state index is 14.4. The lowest BCUT2D eigenvalue weighted by molar-refractivity contribution is -0.124. The van der Waals surface area contributed by atoms with Crippen molar-refractivity contribution in [3.05, 3.63) is 66.0 Å². The average molecular weight is 643 g/mol. The monoisotopic (exact) mass is 642 g/mol. The van der Waals surface area contributed by atoms with Crippen molar-refractivity contribution >= 4 is 17.7 Å². The SMILES string of the molecule is COCCNC(=O)O[C@H]1CC[C@H](C(=O)N(C[C@H]2CC[C@H](c3ccc(OC)c(C)c3)CC2)c2cccc(-c3cnn(C4CC4)c3)c2)CC1. The van der Waals surface area contributed by atoms with Crippen LogP contribution in [0, 0.1) is 18.8 Å². The number of methoxy groups -OCH3 is 2. The van der Waals surface area contributed by atoms with E-state index in [1.54, 1.807) is 14.2 Å². The second-order valence-electron chi connectivity index (χ2n) is 13.7. The summed E-state index contributed by atoms with van der Waals surface area (Å²) in [6.45, 7) is 3.69. The molecule has 0 aliphatic heterocycles. The lowest BCUT2D eigenvalue weighted by atomic mass is 9.78. The number of aryl methyl sites for hydroxylation is 1. The maximum absolute atomic E-state index is 14.4. The highest BCUT2D eigenvalue weighted by Gasteiger charge is 2.34. The molecule has 252 valence electrons. The molecular formula is C38H50N4O5. The molecule has 1 aromatic heterocycles. The Bertz CT molecular complexity index is 1500. The molecule has 3 aromatic rings. The van der Waals surface area contributed by atoms with Crippen LogP contribution in [-0.4, -0.2) is 61.8 Å². The van der Waals surface area contributed by atoms with E-state index < -0.39 is 6.09 Å². The molecule has 3 aliphatic carbocycles. The average Bonchev–Trinajstić information content (AvgIpc) is 3.83. The summed E-state index contributed by atoms with van der Waals surface area (Å²) in [5, 5.41) is 7.34. The number of aromatic nitrogens is 2. The Labute approximate surface area is 279 Å². The zero-order valence-electron chi connectivity index (χ0n) is 28.2. The molecule has 2 aromatic carbocycles. The second kappa shape index (κ2) is 15.4. The Morgan fingerprint density at radius 1 is 0.936 bits per heavy atom. The van der Waals surface area contributed by atoms with E-state index in [0.29, 0.717) is 56.7 Å². The number of nitrogens with one attached hydrogen (secondary N) is 1. The quantitative estimate of drug-likeness (QED) is 0.206. The van der Waals surface area contributed by atoms with Gasteiger partial charge in [0.05, 0.1) is 26.0 Å². The van der Waals surface area contributed by atoms with Crippen molar-refractivity contribution in [2.75, 3.05) is 38.8 Å². The Kier molecular flexibility index (Phi) is 10.8. The van der Waals surface area contributed by atoms with Crippen LogP contribution in [0.1, 0.15) is 87.3 Å². The maximum Gasteiger partial charge on any atom is 0.407 e. The number of nitrogens with zero attached hydrogens (tertiary/aromatic N) is 3. The van der Waals surface area contributed by atoms with E-state index >= 15 is 0 Å². The van der Waals surface area contributed by atoms with Crippen LogP contribution in [0.25, 0.3) is 11.1 Å². The summed E-state index contributed by atoms with van der Waals surface area (Å²) >= 11 is 0. The Hall–Kier alpha value is -3.85. The normalized spacial score (nSPS) is 22.8. The van der Waals surface area contributed by atoms with Gasteiger partial charge in [-0.15, -0.1) is 0 Å². The molecule has 3 saturated carbocycles. The molecular weight excluding hydrogens is 592 g/mol. The Balaban J connectivity index is 1.14. The molecule has 9 heteroatoms. The lowest BCUT2D eigenvalue weighted by Gasteiger charge is -2.36. The molecule has 9 nitrogen and oxygen atoms in total. The highest BCUT2D eigenvalue weighted by molar-refractivity contribution is 5.95. The molecule has 1 N–H and O–H groups in total. The van der Waals surface area contributed by atoms with Gasteiger partial charge < -0.3 is 24.4 Å². The number of amides is 2. The van der Waals surface area contributed by atoms with Gasteiger partial charge in [0.25, 0.3) is 0 Å². The highest BCUT2D eigenvalue weighted by Crippen LogP contribution is 2.40. The molecule has 1 heterocycles. The lowest BCUT2D eigenvalue weighted by Crippen LogP contribution is -2.42. The number of rotatable bonds is 12. The number of carbonyl (C=O) groups is 2. The molecule has 2 amide bonds. The summed E-state index contributed by atoms with van der Waals surface area (Å²) in [6, 6.07) is 15.5. The van der Waals surface area contributed by atoms with Gasteiger partial charge in [0, 0.05) is 43.6 Å². The first kappa shape index (κ1) is 33.1. The third-order valence-electron chi connectivity index (χ3n) is 10.3. The summed E-state index contributed by atoms with van der Waals surface area (Å²) in [5.74, 6) is 2.00. The molecule has 0 radical (unpaired) electrons. The van der Waals surface area contributed by atoms with Gasteiger partial charge in [-0.25, -0.2) is 4.79 Å². The number of ether oxygens (including phenoxy) is 3. The first-order chi connectivity index (χ1) is 22.9. The molecule has 0 atom stereocenters. The van der Waals surface area contributed by atoms with E-state index in [9.17, 15) is 9.59 Å². The van der Waals surface area contributed by atoms with Crippen LogP contribution in [0.4, 0.5) is 10.5 Å². The van der Waals surface area contributed by atoms with Gasteiger partial charge in [0.2, 0.25) is 5.91 Å². The van der Waals surface area contributed by atoms with E-state index in [0.717, 1.165) is 54.8 Å². The van der Waals surface area contributed by atoms with Crippen LogP contribution < -0.4 is 15.0 Å². The summed E-state index contributed by atoms with van der Waals surface area (Å²) in [7, 11) is 3.32. The fraction of sp³-hybridized carbons (Fsp3) is 0.553. The number of anilines is 1. The molecule has 0 spiro atoms. The van der Waals surface area contributed by atoms with E-state index in [4.69, 9.17) is 14.2 Å². The number of alkyl carbamates (subject to hydrolysis) is 1. The fourth-order valence-electron chi connectivity index (χ4n) is 7.39. The van der Waals surface area contributed by atoms with Gasteiger partial charge in [-0.1, -0.05) is 24.3 Å². The molecule has 6 rings (SSSR count). The molecule has 0 bridgehead atoms. The van der Waals surface area contributed by atoms with Crippen LogP contribution in [0.5, 0.6) is 5.75 Å². The van der Waals surface area contributed by atoms with Gasteiger partial charge in [-0.05, 0) is 118 Å². The molecule has 0 saturated heterocycles. The van der Waals surface area contributed by atoms with Gasteiger partial charge in [0.15, 0.2) is 0 Å². The van der Waals surface area contributed by atoms with Crippen molar-refractivity contribution < 1.29 is 23.8 Å². The summed E-state index contributed by atoms with van der Waals surface area (Å²) < 4.78 is 18.2. The summed E-state index contributed by atoms with van der Waals surface area (Å²) in [6.07, 6.45) is 13.1. The second-order valence-corrected chi connectivity index (χ2v) is 13.7. The summed E-state index contributed by atoms with van der Waals surface area (Å²) in [5.41, 5.74) is 5.69. The van der Waals surface area contributed by atoms with E-state index in [1.165, 1.54) is 24.0 Å². The predicted octanol–water partition coefficient (Wildman–Crippen LogP) is 7.44. The van der Waals surface area contributed by atoms with Crippen molar-refractivity contribution in [1.82, 2.24) is 15.1 Å². The zero-order valence-corrected chi connectivity index (χ0v) is 28.2. The van der Waals surface area contributed by atoms with E-state index in [-0.39, 0.29) is 17.9 Å². The van der Waals surface area contributed by atoms with Gasteiger partial charge in [-0.3, -0.25) is 9.48 Å². The molecule has 47 heavy (non-hydrogen) atoms. The van der Waals surface area contributed by atoms with Gasteiger partial charge in [-0.2, -0.15) is 5.10 Å². The first-order valence-corrected chi connectivity index (χ1v) is 17.5. The van der Waals surface area contributed by atoms with Crippen molar-refractivity contribution in [2.24, 2.45) is 11.8 Å². The minimum atomic E-state index is -0.416. The fourth-order valence-corrected chi connectivity index (χ4v) is 7.39. The van der Waals surface area contributed by atoms with E-state index in [1.807, 2.05) is 6.20 Å². The first-order valence-electron chi connectivity index (χ1n) is 17.5. The summed E-state index contributed by atoms with van der Waals surface area (Å²) in [4.78, 5) is 28.6.